The average molecular weight is 207 g/mol. The molecule has 0 saturated heterocycles. The Morgan fingerprint density at radius 1 is 1.22 bits per heavy atom. The first-order valence-electron chi connectivity index (χ1n) is 0.632. The van der Waals surface area contributed by atoms with Crippen molar-refractivity contribution in [2.45, 2.75) is 0 Å². The number of rotatable bonds is 0. The van der Waals surface area contributed by atoms with Crippen LogP contribution in [0.5, 0.6) is 0 Å². The van der Waals surface area contributed by atoms with E-state index in [1.54, 1.807) is 0 Å². The second-order valence-corrected chi connectivity index (χ2v) is 1.63. The minimum absolute atomic E-state index is 0. The predicted molar refractivity (Wildman–Crippen MR) is 4.96 cm³/mol. The van der Waals surface area contributed by atoms with Crippen molar-refractivity contribution < 1.29 is 80.9 Å². The molecule has 0 aliphatic carbocycles. The van der Waals surface area contributed by atoms with Crippen LogP contribution in [0.3, 0.4) is 0 Å². The van der Waals surface area contributed by atoms with Crippen LogP contribution in [0.25, 0.3) is 0 Å². The summed E-state index contributed by atoms with van der Waals surface area (Å²) in [5.41, 5.74) is 0. The summed E-state index contributed by atoms with van der Waals surface area (Å²) in [5.74, 6) is 0. The van der Waals surface area contributed by atoms with Crippen molar-refractivity contribution in [2.75, 3.05) is 0 Å². The van der Waals surface area contributed by atoms with Crippen molar-refractivity contribution in [1.82, 2.24) is 0 Å². The SMILES string of the molecule is [Li+].[O-2].[O-2].[O]=[Mn](=[O])([O-])[OH].[Ti+4]. The van der Waals surface area contributed by atoms with Gasteiger partial charge in [0.2, 0.25) is 0 Å². The molecule has 0 bridgehead atoms. The molecule has 0 saturated carbocycles. The Morgan fingerprint density at radius 2 is 1.22 bits per heavy atom. The van der Waals surface area contributed by atoms with E-state index < -0.39 is 13.4 Å². The van der Waals surface area contributed by atoms with Gasteiger partial charge in [-0.05, 0) is 0 Å². The molecule has 0 amide bonds. The Balaban J connectivity index is -0.0000000133. The van der Waals surface area contributed by atoms with Gasteiger partial charge in [-0.3, -0.25) is 0 Å². The van der Waals surface area contributed by atoms with Crippen molar-refractivity contribution >= 4 is 0 Å². The summed E-state index contributed by atoms with van der Waals surface area (Å²) in [6.07, 6.45) is 0. The number of hydrogen-bond donors (Lipinski definition) is 1. The van der Waals surface area contributed by atoms with Crippen LogP contribution in [0.1, 0.15) is 0 Å². The summed E-state index contributed by atoms with van der Waals surface area (Å²) in [5, 5.41) is 0. The van der Waals surface area contributed by atoms with E-state index >= 15 is 0 Å². The molecule has 0 aliphatic heterocycles. The smallest absolute Gasteiger partial charge is 4.00 e. The second kappa shape index (κ2) is 12.0. The van der Waals surface area contributed by atoms with Crippen molar-refractivity contribution in [3.63, 3.8) is 0 Å². The largest absolute Gasteiger partial charge is 4.00 e. The fourth-order valence-corrected chi connectivity index (χ4v) is 0. The Bertz CT molecular complexity index is 96.2. The van der Waals surface area contributed by atoms with Crippen LogP contribution in [0.15, 0.2) is 0 Å². The molecule has 9 heteroatoms. The zero-order valence-electron chi connectivity index (χ0n) is 4.37. The van der Waals surface area contributed by atoms with E-state index in [0.717, 1.165) is 0 Å². The summed E-state index contributed by atoms with van der Waals surface area (Å²) in [7, 11) is 0. The third-order valence-electron chi connectivity index (χ3n) is 0. The zero-order chi connectivity index (χ0) is 4.50. The maximum Gasteiger partial charge on any atom is 4.00 e. The van der Waals surface area contributed by atoms with Crippen molar-refractivity contribution in [3.05, 3.63) is 0 Å². The van der Waals surface area contributed by atoms with Gasteiger partial charge < -0.3 is 11.0 Å². The zero-order valence-corrected chi connectivity index (χ0v) is 7.11. The topological polar surface area (TPSA) is 134 Å². The molecule has 0 atom stereocenters. The van der Waals surface area contributed by atoms with Gasteiger partial charge >= 0.3 is 70.0 Å². The van der Waals surface area contributed by atoms with E-state index in [9.17, 15) is 0 Å². The summed E-state index contributed by atoms with van der Waals surface area (Å²) in [4.78, 5) is 0. The maximum absolute atomic E-state index is 8.69. The van der Waals surface area contributed by atoms with Gasteiger partial charge in [0.25, 0.3) is 0 Å². The van der Waals surface area contributed by atoms with Crippen LogP contribution in [0.4, 0.5) is 0 Å². The summed E-state index contributed by atoms with van der Waals surface area (Å²) in [6, 6.07) is 0. The molecule has 49 valence electrons. The number of hydrogen-bond acceptors (Lipinski definition) is 3. The fraction of sp³-hybridized carbons (Fsp3) is 0. The van der Waals surface area contributed by atoms with Gasteiger partial charge in [0.15, 0.2) is 0 Å². The Labute approximate surface area is 80.6 Å². The molecular weight excluding hydrogens is 206 g/mol. The predicted octanol–water partition coefficient (Wildman–Crippen LogP) is -5.22. The van der Waals surface area contributed by atoms with E-state index in [0.29, 0.717) is 0 Å². The van der Waals surface area contributed by atoms with Gasteiger partial charge in [-0.15, -0.1) is 0 Å². The van der Waals surface area contributed by atoms with Crippen molar-refractivity contribution in [3.8, 4) is 0 Å². The second-order valence-electron chi connectivity index (χ2n) is 0.396. The van der Waals surface area contributed by atoms with Crippen LogP contribution >= 0.6 is 0 Å². The molecule has 0 aromatic rings. The van der Waals surface area contributed by atoms with E-state index in [1.165, 1.54) is 0 Å². The molecule has 1 N–H and O–H groups in total. The third kappa shape index (κ3) is 303. The molecule has 9 heavy (non-hydrogen) atoms. The summed E-state index contributed by atoms with van der Waals surface area (Å²) < 4.78 is 33.1. The van der Waals surface area contributed by atoms with Crippen LogP contribution in [-0.4, -0.2) is 4.19 Å². The average Bonchev–Trinajstić information content (AvgIpc) is 0.722. The first-order chi connectivity index (χ1) is 2.00. The van der Waals surface area contributed by atoms with E-state index in [-0.39, 0.29) is 51.5 Å². The first kappa shape index (κ1) is 31.8. The minimum Gasteiger partial charge on any atom is 4.00 e. The third-order valence-corrected chi connectivity index (χ3v) is 0. The molecule has 0 spiro atoms. The van der Waals surface area contributed by atoms with Gasteiger partial charge in [0, 0.05) is 0 Å². The molecule has 6 nitrogen and oxygen atoms in total. The van der Waals surface area contributed by atoms with Crippen molar-refractivity contribution in [2.24, 2.45) is 0 Å². The molecule has 0 aromatic carbocycles. The van der Waals surface area contributed by atoms with Crippen LogP contribution in [0.2, 0.25) is 0 Å². The van der Waals surface area contributed by atoms with Gasteiger partial charge in [-0.25, -0.2) is 0 Å². The van der Waals surface area contributed by atoms with Gasteiger partial charge in [0.1, 0.15) is 0 Å². The fourth-order valence-electron chi connectivity index (χ4n) is 0. The molecule has 0 aromatic heterocycles. The van der Waals surface area contributed by atoms with Crippen molar-refractivity contribution in [1.29, 1.82) is 0 Å². The first-order valence-corrected chi connectivity index (χ1v) is 2.61. The maximum atomic E-state index is 8.69. The molecule has 0 unspecified atom stereocenters. The van der Waals surface area contributed by atoms with E-state index in [4.69, 9.17) is 16.0 Å². The van der Waals surface area contributed by atoms with Crippen LogP contribution in [0, 0.1) is 0 Å². The molecule has 0 aliphatic rings. The van der Waals surface area contributed by atoms with Gasteiger partial charge in [-0.2, -0.15) is 0 Å². The molecule has 0 heterocycles. The molecule has 0 fully saturated rings. The quantitative estimate of drug-likeness (QED) is 0.396. The molecule has 0 radical (unpaired) electrons. The van der Waals surface area contributed by atoms with Gasteiger partial charge in [-0.1, -0.05) is 0 Å². The molecular formula is HLiMnO6Ti. The monoisotopic (exact) mass is 207 g/mol. The standard InChI is InChI=1S/Li.Mn.H2O.5O.Ti/h;;1H2;;;;;;/q2*+1;;;;2*-2;-1;+4/p-1. The Morgan fingerprint density at radius 3 is 1.22 bits per heavy atom. The normalized spacial score (nSPS) is 6.44. The van der Waals surface area contributed by atoms with E-state index in [2.05, 4.69) is 0 Å². The summed E-state index contributed by atoms with van der Waals surface area (Å²) in [6.45, 7) is 0. The minimum atomic E-state index is -5.38. The van der Waals surface area contributed by atoms with Crippen LogP contribution in [-0.2, 0) is 53.7 Å². The van der Waals surface area contributed by atoms with E-state index in [1.807, 2.05) is 0 Å². The Kier molecular flexibility index (Phi) is 42.4. The van der Waals surface area contributed by atoms with Crippen LogP contribution < -0.4 is 23.0 Å². The molecule has 0 rings (SSSR count). The Hall–Kier alpha value is 1.27. The summed E-state index contributed by atoms with van der Waals surface area (Å²) >= 11 is -5.38. The van der Waals surface area contributed by atoms with Gasteiger partial charge in [0.05, 0.1) is 0 Å².